The van der Waals surface area contributed by atoms with Gasteiger partial charge in [0.2, 0.25) is 5.91 Å². The Kier molecular flexibility index (Phi) is 6.84. The first kappa shape index (κ1) is 17.7. The van der Waals surface area contributed by atoms with Crippen LogP contribution in [0.15, 0.2) is 17.5 Å². The number of nitrogens with zero attached hydrogens (tertiary/aromatic N) is 1. The van der Waals surface area contributed by atoms with Crippen LogP contribution in [0.2, 0.25) is 0 Å². The van der Waals surface area contributed by atoms with Gasteiger partial charge in [-0.05, 0) is 24.4 Å². The van der Waals surface area contributed by atoms with Crippen molar-refractivity contribution in [3.63, 3.8) is 0 Å². The number of carbonyl (C=O) groups excluding carboxylic acids is 1. The Bertz CT molecular complexity index is 459. The molecule has 0 aliphatic heterocycles. The lowest BCUT2D eigenvalue weighted by molar-refractivity contribution is -0.142. The first-order valence-corrected chi connectivity index (χ1v) is 7.93. The number of hydrogen-bond acceptors (Lipinski definition) is 4. The summed E-state index contributed by atoms with van der Waals surface area (Å²) in [6.07, 6.45) is 0. The van der Waals surface area contributed by atoms with Crippen LogP contribution in [-0.2, 0) is 9.59 Å². The molecular weight excluding hydrogens is 288 g/mol. The van der Waals surface area contributed by atoms with Crippen LogP contribution >= 0.6 is 11.3 Å². The van der Waals surface area contributed by atoms with Gasteiger partial charge in [0.05, 0.1) is 18.5 Å². The molecule has 1 aromatic rings. The zero-order chi connectivity index (χ0) is 16.0. The maximum atomic E-state index is 12.1. The number of amides is 1. The predicted octanol–water partition coefficient (Wildman–Crippen LogP) is 2.21. The van der Waals surface area contributed by atoms with Crippen LogP contribution in [0.4, 0.5) is 0 Å². The molecule has 0 radical (unpaired) electrons. The molecule has 118 valence electrons. The number of aliphatic carboxylic acids is 1. The molecule has 1 amide bonds. The lowest BCUT2D eigenvalue weighted by atomic mass is 10.0. The van der Waals surface area contributed by atoms with Gasteiger partial charge < -0.3 is 10.4 Å². The predicted molar refractivity (Wildman–Crippen MR) is 84.3 cm³/mol. The van der Waals surface area contributed by atoms with Crippen molar-refractivity contribution in [2.45, 2.75) is 26.8 Å². The summed E-state index contributed by atoms with van der Waals surface area (Å²) in [5.74, 6) is -1.11. The van der Waals surface area contributed by atoms with Gasteiger partial charge >= 0.3 is 5.97 Å². The van der Waals surface area contributed by atoms with Gasteiger partial charge in [-0.2, -0.15) is 0 Å². The highest BCUT2D eigenvalue weighted by molar-refractivity contribution is 7.10. The van der Waals surface area contributed by atoms with Crippen molar-refractivity contribution in [1.29, 1.82) is 0 Å². The van der Waals surface area contributed by atoms with Crippen LogP contribution in [0.1, 0.15) is 31.7 Å². The average Bonchev–Trinajstić information content (AvgIpc) is 2.88. The molecule has 6 heteroatoms. The monoisotopic (exact) mass is 312 g/mol. The largest absolute Gasteiger partial charge is 0.481 e. The van der Waals surface area contributed by atoms with Crippen LogP contribution < -0.4 is 5.32 Å². The quantitative estimate of drug-likeness (QED) is 0.772. The maximum absolute atomic E-state index is 12.1. The van der Waals surface area contributed by atoms with Crippen molar-refractivity contribution >= 4 is 23.2 Å². The Balaban J connectivity index is 2.53. The van der Waals surface area contributed by atoms with Gasteiger partial charge in [0.25, 0.3) is 0 Å². The van der Waals surface area contributed by atoms with Crippen LogP contribution in [0, 0.1) is 11.8 Å². The van der Waals surface area contributed by atoms with E-state index in [1.54, 1.807) is 30.2 Å². The smallest absolute Gasteiger partial charge is 0.307 e. The summed E-state index contributed by atoms with van der Waals surface area (Å²) < 4.78 is 0. The summed E-state index contributed by atoms with van der Waals surface area (Å²) in [5, 5.41) is 13.9. The molecule has 2 unspecified atom stereocenters. The Hall–Kier alpha value is -1.40. The van der Waals surface area contributed by atoms with E-state index in [4.69, 9.17) is 5.11 Å². The molecule has 2 N–H and O–H groups in total. The molecule has 1 rings (SSSR count). The standard InChI is InChI=1S/C15H24N2O3S/c1-10(2)14(12-6-5-7-21-12)16-13(18)9-17(4)8-11(3)15(19)20/h5-7,10-11,14H,8-9H2,1-4H3,(H,16,18)(H,19,20). The van der Waals surface area contributed by atoms with E-state index >= 15 is 0 Å². The minimum atomic E-state index is -0.846. The number of hydrogen-bond donors (Lipinski definition) is 2. The molecule has 0 saturated heterocycles. The SMILES string of the molecule is CC(CN(C)CC(=O)NC(c1cccs1)C(C)C)C(=O)O. The zero-order valence-electron chi connectivity index (χ0n) is 13.0. The lowest BCUT2D eigenvalue weighted by Crippen LogP contribution is -2.40. The molecule has 0 spiro atoms. The second-order valence-corrected chi connectivity index (χ2v) is 6.72. The van der Waals surface area contributed by atoms with Crippen LogP contribution in [0.5, 0.6) is 0 Å². The molecule has 1 aromatic heterocycles. The lowest BCUT2D eigenvalue weighted by Gasteiger charge is -2.24. The van der Waals surface area contributed by atoms with Gasteiger partial charge in [0.15, 0.2) is 0 Å². The third-order valence-electron chi connectivity index (χ3n) is 3.25. The van der Waals surface area contributed by atoms with Crippen molar-refractivity contribution in [3.8, 4) is 0 Å². The van der Waals surface area contributed by atoms with E-state index in [0.717, 1.165) is 4.88 Å². The minimum Gasteiger partial charge on any atom is -0.481 e. The van der Waals surface area contributed by atoms with Gasteiger partial charge in [-0.3, -0.25) is 14.5 Å². The van der Waals surface area contributed by atoms with E-state index in [2.05, 4.69) is 19.2 Å². The normalized spacial score (nSPS) is 14.2. The summed E-state index contributed by atoms with van der Waals surface area (Å²) in [4.78, 5) is 25.8. The van der Waals surface area contributed by atoms with Gasteiger partial charge in [-0.25, -0.2) is 0 Å². The van der Waals surface area contributed by atoms with E-state index < -0.39 is 11.9 Å². The molecule has 0 bridgehead atoms. The third kappa shape index (κ3) is 5.85. The highest BCUT2D eigenvalue weighted by Gasteiger charge is 2.21. The molecule has 0 aromatic carbocycles. The summed E-state index contributed by atoms with van der Waals surface area (Å²) in [6, 6.07) is 4.00. The van der Waals surface area contributed by atoms with Crippen molar-refractivity contribution in [2.75, 3.05) is 20.1 Å². The Morgan fingerprint density at radius 3 is 2.52 bits per heavy atom. The molecular formula is C15H24N2O3S. The summed E-state index contributed by atoms with van der Waals surface area (Å²) in [7, 11) is 1.76. The Morgan fingerprint density at radius 2 is 2.05 bits per heavy atom. The number of likely N-dealkylation sites (N-methyl/N-ethyl adjacent to an activating group) is 1. The van der Waals surface area contributed by atoms with Gasteiger partial charge in [0, 0.05) is 11.4 Å². The highest BCUT2D eigenvalue weighted by Crippen LogP contribution is 2.25. The molecule has 1 heterocycles. The van der Waals surface area contributed by atoms with Crippen molar-refractivity contribution in [2.24, 2.45) is 11.8 Å². The zero-order valence-corrected chi connectivity index (χ0v) is 13.8. The molecule has 2 atom stereocenters. The molecule has 0 aliphatic rings. The van der Waals surface area contributed by atoms with E-state index in [-0.39, 0.29) is 18.5 Å². The Labute approximate surface area is 130 Å². The fourth-order valence-electron chi connectivity index (χ4n) is 2.11. The van der Waals surface area contributed by atoms with E-state index in [1.807, 2.05) is 17.5 Å². The van der Waals surface area contributed by atoms with Crippen molar-refractivity contribution < 1.29 is 14.7 Å². The van der Waals surface area contributed by atoms with Gasteiger partial charge in [-0.15, -0.1) is 11.3 Å². The summed E-state index contributed by atoms with van der Waals surface area (Å²) in [6.45, 7) is 6.33. The fourth-order valence-corrected chi connectivity index (χ4v) is 3.06. The maximum Gasteiger partial charge on any atom is 0.307 e. The molecule has 21 heavy (non-hydrogen) atoms. The average molecular weight is 312 g/mol. The van der Waals surface area contributed by atoms with E-state index in [0.29, 0.717) is 12.5 Å². The van der Waals surface area contributed by atoms with Gasteiger partial charge in [-0.1, -0.05) is 26.8 Å². The summed E-state index contributed by atoms with van der Waals surface area (Å²) >= 11 is 1.63. The molecule has 5 nitrogen and oxygen atoms in total. The number of nitrogens with one attached hydrogen (secondary N) is 1. The number of carboxylic acid groups (broad SMARTS) is 1. The first-order valence-electron chi connectivity index (χ1n) is 7.05. The Morgan fingerprint density at radius 1 is 1.38 bits per heavy atom. The molecule has 0 saturated carbocycles. The fraction of sp³-hybridized carbons (Fsp3) is 0.600. The minimum absolute atomic E-state index is 0.00259. The van der Waals surface area contributed by atoms with Crippen molar-refractivity contribution in [1.82, 2.24) is 10.2 Å². The van der Waals surface area contributed by atoms with Crippen molar-refractivity contribution in [3.05, 3.63) is 22.4 Å². The van der Waals surface area contributed by atoms with Gasteiger partial charge in [0.1, 0.15) is 0 Å². The highest BCUT2D eigenvalue weighted by atomic mass is 32.1. The first-order chi connectivity index (χ1) is 9.81. The molecule has 0 fully saturated rings. The second-order valence-electron chi connectivity index (χ2n) is 5.74. The van der Waals surface area contributed by atoms with Crippen LogP contribution in [0.25, 0.3) is 0 Å². The number of thiophene rings is 1. The van der Waals surface area contributed by atoms with Crippen LogP contribution in [0.3, 0.4) is 0 Å². The summed E-state index contributed by atoms with van der Waals surface area (Å²) in [5.41, 5.74) is 0. The van der Waals surface area contributed by atoms with Crippen LogP contribution in [-0.4, -0.2) is 42.0 Å². The van der Waals surface area contributed by atoms with E-state index in [9.17, 15) is 9.59 Å². The second kappa shape index (κ2) is 8.14. The number of rotatable bonds is 8. The molecule has 0 aliphatic carbocycles. The number of carbonyl (C=O) groups is 2. The number of carboxylic acids is 1. The third-order valence-corrected chi connectivity index (χ3v) is 4.21. The van der Waals surface area contributed by atoms with E-state index in [1.165, 1.54) is 0 Å². The topological polar surface area (TPSA) is 69.6 Å².